The highest BCUT2D eigenvalue weighted by Crippen LogP contribution is 2.32. The summed E-state index contributed by atoms with van der Waals surface area (Å²) >= 11 is 0. The molecule has 19 heavy (non-hydrogen) atoms. The molecule has 2 aromatic carbocycles. The molecule has 3 rings (SSSR count). The van der Waals surface area contributed by atoms with E-state index in [0.717, 1.165) is 21.8 Å². The molecule has 3 aromatic rings. The summed E-state index contributed by atoms with van der Waals surface area (Å²) in [6.07, 6.45) is 0. The van der Waals surface area contributed by atoms with Crippen molar-refractivity contribution in [3.63, 3.8) is 0 Å². The van der Waals surface area contributed by atoms with Gasteiger partial charge in [-0.05, 0) is 19.1 Å². The van der Waals surface area contributed by atoms with Gasteiger partial charge in [-0.1, -0.05) is 36.4 Å². The van der Waals surface area contributed by atoms with Gasteiger partial charge in [-0.25, -0.2) is 4.79 Å². The van der Waals surface area contributed by atoms with E-state index in [1.54, 1.807) is 4.57 Å². The Bertz CT molecular complexity index is 734. The standard InChI is InChI=1S/C15H14N2O2/c1-15(16,14(18)19)17-12-8-4-2-6-10(12)11-7-3-5-9-13(11)17/h2-9H,16H2,1H3,(H,18,19)/t15-/m1/s1. The number of rotatable bonds is 2. The molecule has 4 nitrogen and oxygen atoms in total. The summed E-state index contributed by atoms with van der Waals surface area (Å²) < 4.78 is 1.68. The van der Waals surface area contributed by atoms with Crippen LogP contribution in [0.4, 0.5) is 0 Å². The Morgan fingerprint density at radius 2 is 1.47 bits per heavy atom. The average Bonchev–Trinajstić information content (AvgIpc) is 2.73. The number of aromatic nitrogens is 1. The fraction of sp³-hybridized carbons (Fsp3) is 0.133. The lowest BCUT2D eigenvalue weighted by molar-refractivity contribution is -0.146. The minimum absolute atomic E-state index is 0.830. The second-order valence-corrected chi connectivity index (χ2v) is 4.82. The molecule has 1 aromatic heterocycles. The van der Waals surface area contributed by atoms with Crippen LogP contribution in [0.25, 0.3) is 21.8 Å². The number of carboxylic acids is 1. The van der Waals surface area contributed by atoms with Gasteiger partial charge < -0.3 is 9.67 Å². The van der Waals surface area contributed by atoms with E-state index in [2.05, 4.69) is 0 Å². The highest BCUT2D eigenvalue weighted by molar-refractivity contribution is 6.09. The van der Waals surface area contributed by atoms with Gasteiger partial charge >= 0.3 is 5.97 Å². The minimum atomic E-state index is -1.48. The molecule has 96 valence electrons. The van der Waals surface area contributed by atoms with Crippen molar-refractivity contribution in [2.45, 2.75) is 12.6 Å². The van der Waals surface area contributed by atoms with Crippen LogP contribution in [0.3, 0.4) is 0 Å². The molecule has 0 bridgehead atoms. The highest BCUT2D eigenvalue weighted by Gasteiger charge is 2.32. The number of nitrogens with two attached hydrogens (primary N) is 1. The van der Waals surface area contributed by atoms with E-state index in [1.165, 1.54) is 6.92 Å². The SMILES string of the molecule is C[C@](N)(C(=O)O)n1c2ccccc2c2ccccc21. The first-order valence-electron chi connectivity index (χ1n) is 6.04. The fourth-order valence-corrected chi connectivity index (χ4v) is 2.52. The first-order chi connectivity index (χ1) is 9.03. The maximum atomic E-state index is 11.5. The van der Waals surface area contributed by atoms with Gasteiger partial charge in [0.2, 0.25) is 0 Å². The van der Waals surface area contributed by atoms with E-state index in [0.29, 0.717) is 0 Å². The molecular weight excluding hydrogens is 240 g/mol. The largest absolute Gasteiger partial charge is 0.478 e. The lowest BCUT2D eigenvalue weighted by atomic mass is 10.2. The van der Waals surface area contributed by atoms with Gasteiger partial charge in [-0.3, -0.25) is 5.73 Å². The van der Waals surface area contributed by atoms with Crippen molar-refractivity contribution in [2.24, 2.45) is 5.73 Å². The minimum Gasteiger partial charge on any atom is -0.478 e. The Morgan fingerprint density at radius 3 is 1.89 bits per heavy atom. The fourth-order valence-electron chi connectivity index (χ4n) is 2.52. The van der Waals surface area contributed by atoms with Crippen molar-refractivity contribution in [3.05, 3.63) is 48.5 Å². The molecule has 0 saturated carbocycles. The molecule has 0 aliphatic heterocycles. The molecule has 0 aliphatic rings. The number of hydrogen-bond acceptors (Lipinski definition) is 2. The Morgan fingerprint density at radius 1 is 1.05 bits per heavy atom. The van der Waals surface area contributed by atoms with Crippen molar-refractivity contribution in [1.82, 2.24) is 4.57 Å². The van der Waals surface area contributed by atoms with E-state index >= 15 is 0 Å². The highest BCUT2D eigenvalue weighted by atomic mass is 16.4. The van der Waals surface area contributed by atoms with E-state index in [9.17, 15) is 9.90 Å². The van der Waals surface area contributed by atoms with Crippen molar-refractivity contribution in [2.75, 3.05) is 0 Å². The summed E-state index contributed by atoms with van der Waals surface area (Å²) in [4.78, 5) is 11.5. The number of para-hydroxylation sites is 2. The predicted octanol–water partition coefficient (Wildman–Crippen LogP) is 2.51. The van der Waals surface area contributed by atoms with E-state index in [1.807, 2.05) is 48.5 Å². The summed E-state index contributed by atoms with van der Waals surface area (Å²) in [6, 6.07) is 15.4. The molecule has 0 unspecified atom stereocenters. The van der Waals surface area contributed by atoms with Gasteiger partial charge in [-0.2, -0.15) is 0 Å². The number of carboxylic acid groups (broad SMARTS) is 1. The van der Waals surface area contributed by atoms with Gasteiger partial charge in [0.1, 0.15) is 0 Å². The van der Waals surface area contributed by atoms with Crippen LogP contribution in [-0.2, 0) is 10.5 Å². The Hall–Kier alpha value is -2.33. The van der Waals surface area contributed by atoms with Gasteiger partial charge in [0, 0.05) is 10.8 Å². The Labute approximate surface area is 110 Å². The zero-order chi connectivity index (χ0) is 13.6. The second kappa shape index (κ2) is 3.83. The number of nitrogens with zero attached hydrogens (tertiary/aromatic N) is 1. The summed E-state index contributed by atoms with van der Waals surface area (Å²) in [5.41, 5.74) is 6.20. The van der Waals surface area contributed by atoms with Crippen molar-refractivity contribution >= 4 is 27.8 Å². The van der Waals surface area contributed by atoms with E-state index < -0.39 is 11.6 Å². The molecule has 0 fully saturated rings. The molecule has 1 heterocycles. The van der Waals surface area contributed by atoms with Crippen LogP contribution in [0.5, 0.6) is 0 Å². The molecule has 0 radical (unpaired) electrons. The van der Waals surface area contributed by atoms with Gasteiger partial charge in [0.05, 0.1) is 11.0 Å². The average molecular weight is 254 g/mol. The molecule has 0 spiro atoms. The third kappa shape index (κ3) is 1.54. The maximum Gasteiger partial charge on any atom is 0.344 e. The van der Waals surface area contributed by atoms with Crippen LogP contribution >= 0.6 is 0 Å². The topological polar surface area (TPSA) is 68.2 Å². The number of benzene rings is 2. The van der Waals surface area contributed by atoms with Gasteiger partial charge in [-0.15, -0.1) is 0 Å². The third-order valence-corrected chi connectivity index (χ3v) is 3.48. The van der Waals surface area contributed by atoms with Crippen LogP contribution in [-0.4, -0.2) is 15.6 Å². The number of hydrogen-bond donors (Lipinski definition) is 2. The second-order valence-electron chi connectivity index (χ2n) is 4.82. The van der Waals surface area contributed by atoms with Crippen LogP contribution in [0, 0.1) is 0 Å². The van der Waals surface area contributed by atoms with Crippen LogP contribution < -0.4 is 5.73 Å². The number of carbonyl (C=O) groups is 1. The maximum absolute atomic E-state index is 11.5. The first-order valence-corrected chi connectivity index (χ1v) is 6.04. The van der Waals surface area contributed by atoms with Crippen molar-refractivity contribution < 1.29 is 9.90 Å². The van der Waals surface area contributed by atoms with E-state index in [4.69, 9.17) is 5.73 Å². The molecule has 0 amide bonds. The molecule has 1 atom stereocenters. The number of fused-ring (bicyclic) bond motifs is 3. The quantitative estimate of drug-likeness (QED) is 0.738. The Balaban J connectivity index is 2.54. The monoisotopic (exact) mass is 254 g/mol. The zero-order valence-corrected chi connectivity index (χ0v) is 10.5. The van der Waals surface area contributed by atoms with Gasteiger partial charge in [0.15, 0.2) is 5.66 Å². The van der Waals surface area contributed by atoms with Crippen molar-refractivity contribution in [1.29, 1.82) is 0 Å². The molecule has 0 saturated heterocycles. The first kappa shape index (κ1) is 11.7. The summed E-state index contributed by atoms with van der Waals surface area (Å²) in [7, 11) is 0. The smallest absolute Gasteiger partial charge is 0.344 e. The normalized spacial score (nSPS) is 14.6. The summed E-state index contributed by atoms with van der Waals surface area (Å²) in [5, 5.41) is 11.4. The lowest BCUT2D eigenvalue weighted by Gasteiger charge is -2.24. The lowest BCUT2D eigenvalue weighted by Crippen LogP contribution is -2.47. The summed E-state index contributed by atoms with van der Waals surface area (Å²) in [6.45, 7) is 1.51. The molecule has 3 N–H and O–H groups in total. The van der Waals surface area contributed by atoms with Crippen molar-refractivity contribution in [3.8, 4) is 0 Å². The molecular formula is C15H14N2O2. The third-order valence-electron chi connectivity index (χ3n) is 3.48. The van der Waals surface area contributed by atoms with Crippen LogP contribution in [0.1, 0.15) is 6.92 Å². The van der Waals surface area contributed by atoms with Crippen LogP contribution in [0.15, 0.2) is 48.5 Å². The Kier molecular flexibility index (Phi) is 2.37. The number of aliphatic carboxylic acids is 1. The van der Waals surface area contributed by atoms with E-state index in [-0.39, 0.29) is 0 Å². The zero-order valence-electron chi connectivity index (χ0n) is 10.5. The summed E-state index contributed by atoms with van der Waals surface area (Å²) in [5.74, 6) is -1.06. The molecule has 4 heteroatoms. The van der Waals surface area contributed by atoms with Gasteiger partial charge in [0.25, 0.3) is 0 Å². The molecule has 0 aliphatic carbocycles. The predicted molar refractivity (Wildman–Crippen MR) is 74.9 cm³/mol. The van der Waals surface area contributed by atoms with Crippen LogP contribution in [0.2, 0.25) is 0 Å².